The Balaban J connectivity index is 1.65. The van der Waals surface area contributed by atoms with Crippen LogP contribution >= 0.6 is 0 Å². The van der Waals surface area contributed by atoms with Crippen LogP contribution in [-0.4, -0.2) is 66.5 Å². The van der Waals surface area contributed by atoms with E-state index in [9.17, 15) is 13.2 Å². The standard InChI is InChI=1S/C21H31N5O3S/c1-5-25-12-9-18(10-13-25)26-20(8-11-22-26)23-21(27)15-24(4)30(28,29)19-7-6-16(2)17(3)14-19/h6-8,11,14,18H,5,9-10,12-13,15H2,1-4H3,(H,23,27). The van der Waals surface area contributed by atoms with E-state index in [0.29, 0.717) is 5.82 Å². The van der Waals surface area contributed by atoms with Crippen LogP contribution < -0.4 is 5.32 Å². The van der Waals surface area contributed by atoms with Gasteiger partial charge in [-0.25, -0.2) is 13.1 Å². The maximum Gasteiger partial charge on any atom is 0.243 e. The second kappa shape index (κ2) is 9.28. The number of piperidine rings is 1. The number of carbonyl (C=O) groups excluding carboxylic acids is 1. The van der Waals surface area contributed by atoms with Gasteiger partial charge in [0.05, 0.1) is 23.7 Å². The number of aryl methyl sites for hydroxylation is 2. The average molecular weight is 434 g/mol. The number of benzene rings is 1. The lowest BCUT2D eigenvalue weighted by molar-refractivity contribution is -0.116. The number of amides is 1. The highest BCUT2D eigenvalue weighted by molar-refractivity contribution is 7.89. The molecule has 0 unspecified atom stereocenters. The molecule has 1 aliphatic rings. The SMILES string of the molecule is CCN1CCC(n2nccc2NC(=O)CN(C)S(=O)(=O)c2ccc(C)c(C)c2)CC1. The van der Waals surface area contributed by atoms with Crippen molar-refractivity contribution in [3.8, 4) is 0 Å². The monoisotopic (exact) mass is 433 g/mol. The Morgan fingerprint density at radius 2 is 1.90 bits per heavy atom. The third-order valence-corrected chi connectivity index (χ3v) is 7.64. The Labute approximate surface area is 178 Å². The highest BCUT2D eigenvalue weighted by Crippen LogP contribution is 2.25. The predicted octanol–water partition coefficient (Wildman–Crippen LogP) is 2.42. The molecule has 3 rings (SSSR count). The number of nitrogens with zero attached hydrogens (tertiary/aromatic N) is 4. The molecule has 0 atom stereocenters. The van der Waals surface area contributed by atoms with Crippen LogP contribution in [0.15, 0.2) is 35.4 Å². The van der Waals surface area contributed by atoms with Crippen LogP contribution in [0.3, 0.4) is 0 Å². The summed E-state index contributed by atoms with van der Waals surface area (Å²) < 4.78 is 28.6. The Morgan fingerprint density at radius 1 is 1.20 bits per heavy atom. The summed E-state index contributed by atoms with van der Waals surface area (Å²) in [6, 6.07) is 6.97. The van der Waals surface area contributed by atoms with Crippen molar-refractivity contribution in [1.29, 1.82) is 0 Å². The fourth-order valence-corrected chi connectivity index (χ4v) is 4.92. The molecule has 1 aromatic heterocycles. The lowest BCUT2D eigenvalue weighted by Gasteiger charge is -2.31. The molecule has 1 N–H and O–H groups in total. The fourth-order valence-electron chi connectivity index (χ4n) is 3.71. The summed E-state index contributed by atoms with van der Waals surface area (Å²) in [5.41, 5.74) is 1.92. The van der Waals surface area contributed by atoms with Gasteiger partial charge in [0.2, 0.25) is 15.9 Å². The summed E-state index contributed by atoms with van der Waals surface area (Å²) in [6.45, 7) is 8.73. The maximum atomic E-state index is 12.8. The summed E-state index contributed by atoms with van der Waals surface area (Å²) in [5, 5.41) is 7.22. The van der Waals surface area contributed by atoms with E-state index < -0.39 is 15.9 Å². The lowest BCUT2D eigenvalue weighted by Crippen LogP contribution is -2.37. The quantitative estimate of drug-likeness (QED) is 0.725. The topological polar surface area (TPSA) is 87.5 Å². The minimum absolute atomic E-state index is 0.189. The first-order valence-corrected chi connectivity index (χ1v) is 11.8. The first-order chi connectivity index (χ1) is 14.2. The Kier molecular flexibility index (Phi) is 6.95. The molecule has 0 bridgehead atoms. The zero-order chi connectivity index (χ0) is 21.9. The van der Waals surface area contributed by atoms with Crippen molar-refractivity contribution in [2.45, 2.75) is 44.6 Å². The van der Waals surface area contributed by atoms with Gasteiger partial charge in [0.25, 0.3) is 0 Å². The highest BCUT2D eigenvalue weighted by atomic mass is 32.2. The van der Waals surface area contributed by atoms with Crippen molar-refractivity contribution in [1.82, 2.24) is 19.0 Å². The van der Waals surface area contributed by atoms with Gasteiger partial charge in [0, 0.05) is 26.2 Å². The molecule has 164 valence electrons. The molecule has 1 fully saturated rings. The lowest BCUT2D eigenvalue weighted by atomic mass is 10.1. The number of sulfonamides is 1. The number of aromatic nitrogens is 2. The molecule has 30 heavy (non-hydrogen) atoms. The highest BCUT2D eigenvalue weighted by Gasteiger charge is 2.25. The average Bonchev–Trinajstić information content (AvgIpc) is 3.17. The maximum absolute atomic E-state index is 12.8. The molecule has 0 radical (unpaired) electrons. The summed E-state index contributed by atoms with van der Waals surface area (Å²) >= 11 is 0. The predicted molar refractivity (Wildman–Crippen MR) is 117 cm³/mol. The van der Waals surface area contributed by atoms with Gasteiger partial charge in [-0.15, -0.1) is 0 Å². The molecule has 2 heterocycles. The van der Waals surface area contributed by atoms with Gasteiger partial charge >= 0.3 is 0 Å². The van der Waals surface area contributed by atoms with E-state index in [0.717, 1.165) is 47.9 Å². The van der Waals surface area contributed by atoms with E-state index in [1.807, 2.05) is 18.5 Å². The molecule has 0 aliphatic carbocycles. The second-order valence-electron chi connectivity index (χ2n) is 7.88. The van der Waals surface area contributed by atoms with Crippen molar-refractivity contribution in [2.75, 3.05) is 38.5 Å². The number of likely N-dealkylation sites (N-methyl/N-ethyl adjacent to an activating group) is 1. The summed E-state index contributed by atoms with van der Waals surface area (Å²) in [4.78, 5) is 15.2. The van der Waals surface area contributed by atoms with Crippen LogP contribution in [0.1, 0.15) is 36.9 Å². The fraction of sp³-hybridized carbons (Fsp3) is 0.524. The van der Waals surface area contributed by atoms with Gasteiger partial charge in [-0.1, -0.05) is 13.0 Å². The number of nitrogens with one attached hydrogen (secondary N) is 1. The largest absolute Gasteiger partial charge is 0.310 e. The number of likely N-dealkylation sites (tertiary alicyclic amines) is 1. The number of carbonyl (C=O) groups is 1. The summed E-state index contributed by atoms with van der Waals surface area (Å²) in [7, 11) is -2.33. The number of anilines is 1. The number of hydrogen-bond acceptors (Lipinski definition) is 5. The van der Waals surface area contributed by atoms with Crippen LogP contribution in [-0.2, 0) is 14.8 Å². The van der Waals surface area contributed by atoms with Gasteiger partial charge < -0.3 is 10.2 Å². The normalized spacial score (nSPS) is 16.2. The molecule has 9 heteroatoms. The van der Waals surface area contributed by atoms with E-state index in [1.165, 1.54) is 7.05 Å². The molecule has 8 nitrogen and oxygen atoms in total. The Bertz CT molecular complexity index is 994. The Hall–Kier alpha value is -2.23. The molecule has 0 saturated carbocycles. The molecule has 0 spiro atoms. The van der Waals surface area contributed by atoms with Crippen LogP contribution in [0.2, 0.25) is 0 Å². The van der Waals surface area contributed by atoms with Crippen LogP contribution in [0, 0.1) is 13.8 Å². The third kappa shape index (κ3) is 4.91. The van der Waals surface area contributed by atoms with Crippen molar-refractivity contribution < 1.29 is 13.2 Å². The van der Waals surface area contributed by atoms with E-state index >= 15 is 0 Å². The zero-order valence-corrected chi connectivity index (χ0v) is 18.9. The second-order valence-corrected chi connectivity index (χ2v) is 9.93. The van der Waals surface area contributed by atoms with Gasteiger partial charge in [0.15, 0.2) is 0 Å². The molecule has 1 saturated heterocycles. The van der Waals surface area contributed by atoms with Gasteiger partial charge in [-0.05, 0) is 56.5 Å². The molecule has 2 aromatic rings. The van der Waals surface area contributed by atoms with Gasteiger partial charge in [0.1, 0.15) is 5.82 Å². The van der Waals surface area contributed by atoms with E-state index in [-0.39, 0.29) is 17.5 Å². The van der Waals surface area contributed by atoms with Crippen molar-refractivity contribution >= 4 is 21.7 Å². The third-order valence-electron chi connectivity index (χ3n) is 5.84. The Morgan fingerprint density at radius 3 is 2.53 bits per heavy atom. The van der Waals surface area contributed by atoms with Gasteiger partial charge in [-0.3, -0.25) is 4.79 Å². The van der Waals surface area contributed by atoms with E-state index in [4.69, 9.17) is 0 Å². The molecule has 1 amide bonds. The van der Waals surface area contributed by atoms with Crippen molar-refractivity contribution in [2.24, 2.45) is 0 Å². The molecular weight excluding hydrogens is 402 g/mol. The summed E-state index contributed by atoms with van der Waals surface area (Å²) in [6.07, 6.45) is 3.61. The van der Waals surface area contributed by atoms with Gasteiger partial charge in [-0.2, -0.15) is 9.40 Å². The van der Waals surface area contributed by atoms with Crippen LogP contribution in [0.4, 0.5) is 5.82 Å². The number of hydrogen-bond donors (Lipinski definition) is 1. The first kappa shape index (κ1) is 22.5. The minimum Gasteiger partial charge on any atom is -0.310 e. The smallest absolute Gasteiger partial charge is 0.243 e. The molecular formula is C21H31N5O3S. The van der Waals surface area contributed by atoms with Crippen molar-refractivity contribution in [3.05, 3.63) is 41.6 Å². The minimum atomic E-state index is -3.75. The molecule has 1 aliphatic heterocycles. The summed E-state index contributed by atoms with van der Waals surface area (Å²) in [5.74, 6) is 0.213. The first-order valence-electron chi connectivity index (χ1n) is 10.3. The number of rotatable bonds is 7. The zero-order valence-electron chi connectivity index (χ0n) is 18.1. The van der Waals surface area contributed by atoms with Crippen molar-refractivity contribution in [3.63, 3.8) is 0 Å². The van der Waals surface area contributed by atoms with Crippen LogP contribution in [0.25, 0.3) is 0 Å². The van der Waals surface area contributed by atoms with Crippen LogP contribution in [0.5, 0.6) is 0 Å². The molecule has 1 aromatic carbocycles. The van der Waals surface area contributed by atoms with E-state index in [2.05, 4.69) is 22.2 Å². The van der Waals surface area contributed by atoms with E-state index in [1.54, 1.807) is 30.5 Å².